The third-order valence-electron chi connectivity index (χ3n) is 5.29. The number of aromatic nitrogens is 1. The summed E-state index contributed by atoms with van der Waals surface area (Å²) in [7, 11) is -4.06. The molecule has 0 radical (unpaired) electrons. The van der Waals surface area contributed by atoms with Gasteiger partial charge in [0.2, 0.25) is 15.9 Å². The van der Waals surface area contributed by atoms with Crippen LogP contribution in [-0.4, -0.2) is 25.9 Å². The van der Waals surface area contributed by atoms with Crippen molar-refractivity contribution in [2.75, 3.05) is 16.8 Å². The Hall–Kier alpha value is -3.08. The normalized spacial score (nSPS) is 13.5. The summed E-state index contributed by atoms with van der Waals surface area (Å²) >= 11 is 5.99. The van der Waals surface area contributed by atoms with Gasteiger partial charge in [0, 0.05) is 23.8 Å². The van der Waals surface area contributed by atoms with Gasteiger partial charge in [-0.1, -0.05) is 17.7 Å². The Labute approximate surface area is 194 Å². The van der Waals surface area contributed by atoms with E-state index in [4.69, 9.17) is 16.7 Å². The lowest BCUT2D eigenvalue weighted by Gasteiger charge is -2.31. The van der Waals surface area contributed by atoms with E-state index < -0.39 is 27.6 Å². The topological polar surface area (TPSA) is 105 Å². The summed E-state index contributed by atoms with van der Waals surface area (Å²) in [6.07, 6.45) is 1.35. The number of halogens is 3. The molecule has 4 rings (SSSR count). The molecule has 0 saturated heterocycles. The Morgan fingerprint density at radius 3 is 2.58 bits per heavy atom. The van der Waals surface area contributed by atoms with Crippen molar-refractivity contribution in [2.45, 2.75) is 24.3 Å². The number of sulfonamides is 1. The molecular formula is C22H19ClF2N4O3S. The van der Waals surface area contributed by atoms with Gasteiger partial charge in [0.1, 0.15) is 17.5 Å². The summed E-state index contributed by atoms with van der Waals surface area (Å²) in [5, 5.41) is 8.22. The van der Waals surface area contributed by atoms with Crippen molar-refractivity contribution in [3.8, 4) is 0 Å². The molecule has 7 nitrogen and oxygen atoms in total. The Balaban J connectivity index is 1.62. The van der Waals surface area contributed by atoms with E-state index in [9.17, 15) is 22.0 Å². The van der Waals surface area contributed by atoms with Crippen LogP contribution < -0.4 is 15.4 Å². The van der Waals surface area contributed by atoms with Crippen molar-refractivity contribution in [3.05, 3.63) is 82.0 Å². The highest BCUT2D eigenvalue weighted by Gasteiger charge is 2.25. The highest BCUT2D eigenvalue weighted by Crippen LogP contribution is 2.31. The lowest BCUT2D eigenvalue weighted by atomic mass is 9.98. The molecule has 33 heavy (non-hydrogen) atoms. The molecule has 1 amide bonds. The second kappa shape index (κ2) is 9.05. The first-order chi connectivity index (χ1) is 15.6. The molecule has 0 aliphatic carbocycles. The smallest absolute Gasteiger partial charge is 0.238 e. The Kier molecular flexibility index (Phi) is 6.33. The minimum Gasteiger partial charge on any atom is -0.352 e. The number of nitrogens with zero attached hydrogens (tertiary/aromatic N) is 2. The molecular weight excluding hydrogens is 474 g/mol. The minimum absolute atomic E-state index is 0.0678. The third-order valence-corrected chi connectivity index (χ3v) is 6.62. The predicted octanol–water partition coefficient (Wildman–Crippen LogP) is 3.40. The number of amides is 1. The Morgan fingerprint density at radius 1 is 1.15 bits per heavy atom. The molecule has 2 aromatic carbocycles. The van der Waals surface area contributed by atoms with Gasteiger partial charge in [0.05, 0.1) is 17.5 Å². The van der Waals surface area contributed by atoms with Crippen LogP contribution >= 0.6 is 11.6 Å². The molecule has 0 atom stereocenters. The molecule has 3 aromatic rings. The van der Waals surface area contributed by atoms with Crippen LogP contribution in [0.2, 0.25) is 5.02 Å². The van der Waals surface area contributed by atoms with E-state index in [0.717, 1.165) is 12.3 Å². The average Bonchev–Trinajstić information content (AvgIpc) is 2.74. The standard InChI is InChI=1S/C22H19ClF2N4O3S/c23-19-9-15(24)2-1-13(19)8-22(30)28-17-7-14-12-29(21-4-3-16(25)11-27-21)6-5-18(14)20(10-17)33(26,31)32/h1-4,7,9-11H,5-6,8,12H2,(H,28,30)(H2,26,31,32). The van der Waals surface area contributed by atoms with Gasteiger partial charge in [-0.15, -0.1) is 0 Å². The zero-order valence-corrected chi connectivity index (χ0v) is 18.8. The SMILES string of the molecule is NS(=O)(=O)c1cc(NC(=O)Cc2ccc(F)cc2Cl)cc2c1CCN(c1ccc(F)cn1)C2. The molecule has 1 aromatic heterocycles. The second-order valence-corrected chi connectivity index (χ2v) is 9.56. The van der Waals surface area contributed by atoms with E-state index in [2.05, 4.69) is 10.3 Å². The third kappa shape index (κ3) is 5.29. The van der Waals surface area contributed by atoms with Crippen molar-refractivity contribution in [2.24, 2.45) is 5.14 Å². The number of benzene rings is 2. The lowest BCUT2D eigenvalue weighted by Crippen LogP contribution is -2.32. The van der Waals surface area contributed by atoms with Crippen molar-refractivity contribution in [3.63, 3.8) is 0 Å². The minimum atomic E-state index is -4.06. The van der Waals surface area contributed by atoms with E-state index in [1.54, 1.807) is 12.1 Å². The summed E-state index contributed by atoms with van der Waals surface area (Å²) in [6.45, 7) is 0.757. The summed E-state index contributed by atoms with van der Waals surface area (Å²) < 4.78 is 51.0. The highest BCUT2D eigenvalue weighted by molar-refractivity contribution is 7.89. The monoisotopic (exact) mass is 492 g/mol. The van der Waals surface area contributed by atoms with Crippen molar-refractivity contribution in [1.82, 2.24) is 4.98 Å². The maximum Gasteiger partial charge on any atom is 0.238 e. The number of rotatable bonds is 5. The number of carbonyl (C=O) groups excluding carboxylic acids is 1. The van der Waals surface area contributed by atoms with E-state index in [0.29, 0.717) is 42.0 Å². The van der Waals surface area contributed by atoms with Crippen LogP contribution in [0.15, 0.2) is 53.6 Å². The van der Waals surface area contributed by atoms with Crippen LogP contribution in [0, 0.1) is 11.6 Å². The fourth-order valence-electron chi connectivity index (χ4n) is 3.78. The number of hydrogen-bond acceptors (Lipinski definition) is 5. The fourth-order valence-corrected chi connectivity index (χ4v) is 4.88. The van der Waals surface area contributed by atoms with Crippen LogP contribution in [0.1, 0.15) is 16.7 Å². The molecule has 1 aliphatic heterocycles. The molecule has 11 heteroatoms. The van der Waals surface area contributed by atoms with Gasteiger partial charge in [-0.2, -0.15) is 0 Å². The first-order valence-electron chi connectivity index (χ1n) is 9.89. The van der Waals surface area contributed by atoms with Gasteiger partial charge in [-0.25, -0.2) is 27.3 Å². The molecule has 0 saturated carbocycles. The number of anilines is 2. The lowest BCUT2D eigenvalue weighted by molar-refractivity contribution is -0.115. The molecule has 172 valence electrons. The zero-order valence-electron chi connectivity index (χ0n) is 17.2. The maximum absolute atomic E-state index is 13.2. The van der Waals surface area contributed by atoms with E-state index in [1.165, 1.54) is 24.3 Å². The quantitative estimate of drug-likeness (QED) is 0.568. The largest absolute Gasteiger partial charge is 0.352 e. The second-order valence-electron chi connectivity index (χ2n) is 7.62. The van der Waals surface area contributed by atoms with Crippen LogP contribution in [0.5, 0.6) is 0 Å². The summed E-state index contributed by atoms with van der Waals surface area (Å²) in [4.78, 5) is 18.4. The zero-order chi connectivity index (χ0) is 23.8. The molecule has 2 heterocycles. The van der Waals surface area contributed by atoms with E-state index in [-0.39, 0.29) is 22.0 Å². The van der Waals surface area contributed by atoms with Crippen molar-refractivity contribution >= 4 is 39.0 Å². The van der Waals surface area contributed by atoms with Crippen LogP contribution in [0.25, 0.3) is 0 Å². The number of fused-ring (bicyclic) bond motifs is 1. The van der Waals surface area contributed by atoms with Gasteiger partial charge in [-0.3, -0.25) is 4.79 Å². The molecule has 1 aliphatic rings. The van der Waals surface area contributed by atoms with Crippen LogP contribution in [-0.2, 0) is 34.2 Å². The Bertz CT molecular complexity index is 1330. The molecule has 0 fully saturated rings. The van der Waals surface area contributed by atoms with Crippen LogP contribution in [0.4, 0.5) is 20.3 Å². The van der Waals surface area contributed by atoms with Gasteiger partial charge in [-0.05, 0) is 59.5 Å². The van der Waals surface area contributed by atoms with Crippen LogP contribution in [0.3, 0.4) is 0 Å². The Morgan fingerprint density at radius 2 is 1.91 bits per heavy atom. The summed E-state index contributed by atoms with van der Waals surface area (Å²) in [6, 6.07) is 9.55. The summed E-state index contributed by atoms with van der Waals surface area (Å²) in [5.41, 5.74) is 1.88. The number of carbonyl (C=O) groups is 1. The number of pyridine rings is 1. The first-order valence-corrected chi connectivity index (χ1v) is 11.8. The number of primary sulfonamides is 1. The van der Waals surface area contributed by atoms with E-state index in [1.807, 2.05) is 4.90 Å². The summed E-state index contributed by atoms with van der Waals surface area (Å²) in [5.74, 6) is -0.896. The van der Waals surface area contributed by atoms with Crippen molar-refractivity contribution in [1.29, 1.82) is 0 Å². The fraction of sp³-hybridized carbons (Fsp3) is 0.182. The number of nitrogens with two attached hydrogens (primary N) is 1. The van der Waals surface area contributed by atoms with Gasteiger partial charge < -0.3 is 10.2 Å². The maximum atomic E-state index is 13.2. The average molecular weight is 493 g/mol. The molecule has 3 N–H and O–H groups in total. The molecule has 0 bridgehead atoms. The van der Waals surface area contributed by atoms with Gasteiger partial charge in [0.25, 0.3) is 0 Å². The first kappa shape index (κ1) is 23.1. The predicted molar refractivity (Wildman–Crippen MR) is 121 cm³/mol. The molecule has 0 spiro atoms. The van der Waals surface area contributed by atoms with E-state index >= 15 is 0 Å². The number of nitrogens with one attached hydrogen (secondary N) is 1. The number of hydrogen-bond donors (Lipinski definition) is 2. The van der Waals surface area contributed by atoms with Gasteiger partial charge >= 0.3 is 0 Å². The molecule has 0 unspecified atom stereocenters. The van der Waals surface area contributed by atoms with Crippen molar-refractivity contribution < 1.29 is 22.0 Å². The highest BCUT2D eigenvalue weighted by atomic mass is 35.5. The van der Waals surface area contributed by atoms with Gasteiger partial charge in [0.15, 0.2) is 0 Å².